The molecule has 2 N–H and O–H groups in total. The summed E-state index contributed by atoms with van der Waals surface area (Å²) in [5.41, 5.74) is 8.39. The lowest BCUT2D eigenvalue weighted by atomic mass is 9.95. The maximum Gasteiger partial charge on any atom is 0.0823 e. The molecule has 0 bridgehead atoms. The molecule has 4 nitrogen and oxygen atoms in total. The van der Waals surface area contributed by atoms with Gasteiger partial charge in [0.2, 0.25) is 0 Å². The largest absolute Gasteiger partial charge is 0.383 e. The smallest absolute Gasteiger partial charge is 0.0823 e. The molecule has 1 aromatic rings. The third-order valence-corrected chi connectivity index (χ3v) is 2.71. The van der Waals surface area contributed by atoms with Crippen LogP contribution in [0.1, 0.15) is 30.1 Å². The van der Waals surface area contributed by atoms with E-state index in [1.54, 1.807) is 7.11 Å². The van der Waals surface area contributed by atoms with E-state index in [9.17, 15) is 0 Å². The average molecular weight is 195 g/mol. The van der Waals surface area contributed by atoms with Crippen molar-refractivity contribution in [3.63, 3.8) is 0 Å². The minimum Gasteiger partial charge on any atom is -0.383 e. The number of nitrogens with two attached hydrogens (primary N) is 1. The van der Waals surface area contributed by atoms with Gasteiger partial charge in [0.05, 0.1) is 18.8 Å². The Morgan fingerprint density at radius 1 is 1.71 bits per heavy atom. The van der Waals surface area contributed by atoms with Gasteiger partial charge in [-0.1, -0.05) is 0 Å². The van der Waals surface area contributed by atoms with Crippen molar-refractivity contribution in [3.8, 4) is 0 Å². The molecular weight excluding hydrogens is 178 g/mol. The number of rotatable bonds is 3. The first-order valence-electron chi connectivity index (χ1n) is 5.12. The molecule has 2 rings (SSSR count). The molecule has 0 radical (unpaired) electrons. The quantitative estimate of drug-likeness (QED) is 0.778. The number of fused-ring (bicyclic) bond motifs is 1. The van der Waals surface area contributed by atoms with E-state index in [1.165, 1.54) is 12.0 Å². The first-order valence-corrected chi connectivity index (χ1v) is 5.12. The summed E-state index contributed by atoms with van der Waals surface area (Å²) in [6.07, 6.45) is 5.47. The van der Waals surface area contributed by atoms with Gasteiger partial charge in [-0.2, -0.15) is 5.10 Å². The van der Waals surface area contributed by atoms with Crippen LogP contribution < -0.4 is 5.73 Å². The van der Waals surface area contributed by atoms with Crippen molar-refractivity contribution in [2.24, 2.45) is 5.73 Å². The van der Waals surface area contributed by atoms with E-state index in [1.807, 2.05) is 4.68 Å². The topological polar surface area (TPSA) is 53.1 Å². The highest BCUT2D eigenvalue weighted by molar-refractivity contribution is 5.23. The molecule has 0 spiro atoms. The van der Waals surface area contributed by atoms with E-state index >= 15 is 0 Å². The van der Waals surface area contributed by atoms with Crippen molar-refractivity contribution < 1.29 is 4.74 Å². The van der Waals surface area contributed by atoms with Crippen molar-refractivity contribution >= 4 is 0 Å². The van der Waals surface area contributed by atoms with Gasteiger partial charge in [-0.15, -0.1) is 0 Å². The number of hydrogen-bond donors (Lipinski definition) is 1. The first-order chi connectivity index (χ1) is 6.81. The van der Waals surface area contributed by atoms with E-state index in [2.05, 4.69) is 11.3 Å². The fourth-order valence-corrected chi connectivity index (χ4v) is 1.93. The fraction of sp³-hybridized carbons (Fsp3) is 0.700. The predicted molar refractivity (Wildman–Crippen MR) is 54.0 cm³/mol. The normalized spacial score (nSPS) is 20.9. The molecule has 4 heteroatoms. The zero-order valence-corrected chi connectivity index (χ0v) is 8.57. The highest BCUT2D eigenvalue weighted by Gasteiger charge is 2.20. The summed E-state index contributed by atoms with van der Waals surface area (Å²) >= 11 is 0. The molecule has 0 fully saturated rings. The van der Waals surface area contributed by atoms with Crippen LogP contribution in [0.15, 0.2) is 6.20 Å². The van der Waals surface area contributed by atoms with Crippen LogP contribution in [0.4, 0.5) is 0 Å². The Hall–Kier alpha value is -0.870. The highest BCUT2D eigenvalue weighted by atomic mass is 16.5. The second-order valence-corrected chi connectivity index (χ2v) is 3.79. The molecule has 1 aromatic heterocycles. The summed E-state index contributed by atoms with van der Waals surface area (Å²) in [6, 6.07) is 0.141. The summed E-state index contributed by atoms with van der Waals surface area (Å²) in [5, 5.41) is 4.48. The van der Waals surface area contributed by atoms with Gasteiger partial charge in [0, 0.05) is 19.3 Å². The molecule has 1 heterocycles. The lowest BCUT2D eigenvalue weighted by Crippen LogP contribution is -2.17. The number of aryl methyl sites for hydroxylation is 1. The standard InChI is InChI=1S/C10H17N3O/c1-14-6-5-13-7-8-3-2-4-9(11)10(8)12-13/h7,9H,2-6,11H2,1H3/t9-/m1/s1. The predicted octanol–water partition coefficient (Wildman–Crippen LogP) is 0.866. The van der Waals surface area contributed by atoms with Gasteiger partial charge in [-0.05, 0) is 24.8 Å². The van der Waals surface area contributed by atoms with Crippen LogP contribution in [-0.2, 0) is 17.7 Å². The molecule has 1 atom stereocenters. The summed E-state index contributed by atoms with van der Waals surface area (Å²) < 4.78 is 6.96. The molecule has 0 amide bonds. The lowest BCUT2D eigenvalue weighted by molar-refractivity contribution is 0.183. The first kappa shape index (κ1) is 9.68. The van der Waals surface area contributed by atoms with E-state index in [-0.39, 0.29) is 6.04 Å². The van der Waals surface area contributed by atoms with Crippen LogP contribution in [-0.4, -0.2) is 23.5 Å². The van der Waals surface area contributed by atoms with Crippen LogP contribution >= 0.6 is 0 Å². The summed E-state index contributed by atoms with van der Waals surface area (Å²) in [7, 11) is 1.70. The monoisotopic (exact) mass is 195 g/mol. The van der Waals surface area contributed by atoms with Gasteiger partial charge >= 0.3 is 0 Å². The fourth-order valence-electron chi connectivity index (χ4n) is 1.93. The molecule has 0 saturated heterocycles. The molecular formula is C10H17N3O. The second-order valence-electron chi connectivity index (χ2n) is 3.79. The van der Waals surface area contributed by atoms with E-state index in [0.29, 0.717) is 6.61 Å². The summed E-state index contributed by atoms with van der Waals surface area (Å²) in [5.74, 6) is 0. The Bertz CT molecular complexity index is 308. The van der Waals surface area contributed by atoms with Gasteiger partial charge in [0.25, 0.3) is 0 Å². The Kier molecular flexibility index (Phi) is 2.84. The van der Waals surface area contributed by atoms with Gasteiger partial charge in [-0.25, -0.2) is 0 Å². The van der Waals surface area contributed by atoms with Gasteiger partial charge in [-0.3, -0.25) is 4.68 Å². The van der Waals surface area contributed by atoms with Crippen LogP contribution in [0.3, 0.4) is 0 Å². The molecule has 0 unspecified atom stereocenters. The lowest BCUT2D eigenvalue weighted by Gasteiger charge is -2.15. The van der Waals surface area contributed by atoms with E-state index in [0.717, 1.165) is 25.1 Å². The number of ether oxygens (including phenoxy) is 1. The summed E-state index contributed by atoms with van der Waals surface area (Å²) in [6.45, 7) is 1.52. The Morgan fingerprint density at radius 3 is 3.29 bits per heavy atom. The molecule has 1 aliphatic rings. The van der Waals surface area contributed by atoms with Gasteiger partial charge in [0.15, 0.2) is 0 Å². The highest BCUT2D eigenvalue weighted by Crippen LogP contribution is 2.26. The van der Waals surface area contributed by atoms with Gasteiger partial charge in [0.1, 0.15) is 0 Å². The van der Waals surface area contributed by atoms with Gasteiger partial charge < -0.3 is 10.5 Å². The van der Waals surface area contributed by atoms with Crippen molar-refractivity contribution in [3.05, 3.63) is 17.5 Å². The number of nitrogens with zero attached hydrogens (tertiary/aromatic N) is 2. The van der Waals surface area contributed by atoms with Crippen LogP contribution in [0.25, 0.3) is 0 Å². The Balaban J connectivity index is 2.13. The molecule has 78 valence electrons. The second kappa shape index (κ2) is 4.11. The van der Waals surface area contributed by atoms with E-state index in [4.69, 9.17) is 10.5 Å². The summed E-state index contributed by atoms with van der Waals surface area (Å²) in [4.78, 5) is 0. The minimum absolute atomic E-state index is 0.141. The average Bonchev–Trinajstić information content (AvgIpc) is 2.59. The van der Waals surface area contributed by atoms with Crippen molar-refractivity contribution in [2.45, 2.75) is 31.8 Å². The van der Waals surface area contributed by atoms with Crippen molar-refractivity contribution in [2.75, 3.05) is 13.7 Å². The number of aromatic nitrogens is 2. The third-order valence-electron chi connectivity index (χ3n) is 2.71. The zero-order chi connectivity index (χ0) is 9.97. The molecule has 0 saturated carbocycles. The molecule has 0 aromatic carbocycles. The molecule has 1 aliphatic carbocycles. The Morgan fingerprint density at radius 2 is 2.57 bits per heavy atom. The Labute approximate surface area is 84.0 Å². The van der Waals surface area contributed by atoms with E-state index < -0.39 is 0 Å². The maximum absolute atomic E-state index is 5.98. The van der Waals surface area contributed by atoms with Crippen LogP contribution in [0.5, 0.6) is 0 Å². The van der Waals surface area contributed by atoms with Crippen molar-refractivity contribution in [1.82, 2.24) is 9.78 Å². The van der Waals surface area contributed by atoms with Crippen LogP contribution in [0.2, 0.25) is 0 Å². The van der Waals surface area contributed by atoms with Crippen LogP contribution in [0, 0.1) is 0 Å². The molecule has 14 heavy (non-hydrogen) atoms. The number of hydrogen-bond acceptors (Lipinski definition) is 3. The molecule has 0 aliphatic heterocycles. The SMILES string of the molecule is COCCn1cc2c(n1)[C@H](N)CCC2. The minimum atomic E-state index is 0.141. The van der Waals surface area contributed by atoms with Crippen molar-refractivity contribution in [1.29, 1.82) is 0 Å². The zero-order valence-electron chi connectivity index (χ0n) is 8.57. The third kappa shape index (κ3) is 1.81. The number of methoxy groups -OCH3 is 1. The maximum atomic E-state index is 5.98.